The van der Waals surface area contributed by atoms with Crippen LogP contribution in [0.25, 0.3) is 0 Å². The summed E-state index contributed by atoms with van der Waals surface area (Å²) in [4.78, 5) is 25.7. The number of hydrogen-bond donors (Lipinski definition) is 0. The minimum absolute atomic E-state index is 0.0511. The molecule has 0 aromatic carbocycles. The summed E-state index contributed by atoms with van der Waals surface area (Å²) in [6.45, 7) is 2.87. The van der Waals surface area contributed by atoms with Crippen LogP contribution in [0, 0.1) is 5.92 Å². The van der Waals surface area contributed by atoms with E-state index in [9.17, 15) is 9.59 Å². The minimum atomic E-state index is -0.143. The highest BCUT2D eigenvalue weighted by molar-refractivity contribution is 7.20. The quantitative estimate of drug-likeness (QED) is 0.793. The first kappa shape index (κ1) is 14.8. The molecule has 2 heterocycles. The first-order chi connectivity index (χ1) is 8.97. The average Bonchev–Trinajstić information content (AvgIpc) is 2.61. The lowest BCUT2D eigenvalue weighted by atomic mass is 10.0. The number of halogens is 2. The summed E-state index contributed by atoms with van der Waals surface area (Å²) < 4.78 is 0.884. The molecule has 2 rings (SSSR count). The first-order valence-corrected chi connectivity index (χ1v) is 7.80. The molecule has 1 aliphatic rings. The Morgan fingerprint density at radius 2 is 2.21 bits per heavy atom. The Labute approximate surface area is 126 Å². The molecule has 1 aliphatic heterocycles. The number of rotatable bonds is 3. The zero-order valence-corrected chi connectivity index (χ0v) is 12.9. The van der Waals surface area contributed by atoms with Crippen molar-refractivity contribution in [2.24, 2.45) is 5.92 Å². The predicted molar refractivity (Wildman–Crippen MR) is 78.3 cm³/mol. The fourth-order valence-corrected chi connectivity index (χ4v) is 3.63. The fourth-order valence-electron chi connectivity index (χ4n) is 2.13. The molecular formula is C13H15Cl2NO2S. The van der Waals surface area contributed by atoms with Crippen LogP contribution in [0.5, 0.6) is 0 Å². The Morgan fingerprint density at radius 1 is 1.47 bits per heavy atom. The van der Waals surface area contributed by atoms with Gasteiger partial charge in [-0.15, -0.1) is 11.3 Å². The molecule has 0 saturated carbocycles. The molecule has 0 bridgehead atoms. The largest absolute Gasteiger partial charge is 0.335 e. The molecule has 0 aliphatic carbocycles. The zero-order chi connectivity index (χ0) is 14.0. The number of hydrogen-bond acceptors (Lipinski definition) is 3. The number of ketones is 1. The lowest BCUT2D eigenvalue weighted by Gasteiger charge is -2.19. The van der Waals surface area contributed by atoms with Gasteiger partial charge in [0.05, 0.1) is 16.4 Å². The molecule has 1 unspecified atom stereocenters. The molecule has 1 fully saturated rings. The van der Waals surface area contributed by atoms with Gasteiger partial charge in [0, 0.05) is 13.0 Å². The van der Waals surface area contributed by atoms with Crippen LogP contribution < -0.4 is 0 Å². The van der Waals surface area contributed by atoms with E-state index < -0.39 is 0 Å². The van der Waals surface area contributed by atoms with Gasteiger partial charge in [0.25, 0.3) is 0 Å². The van der Waals surface area contributed by atoms with Crippen molar-refractivity contribution in [3.63, 3.8) is 0 Å². The summed E-state index contributed by atoms with van der Waals surface area (Å²) >= 11 is 13.0. The van der Waals surface area contributed by atoms with Gasteiger partial charge in [-0.05, 0) is 24.8 Å². The normalized spacial score (nSPS) is 20.5. The molecule has 1 amide bonds. The van der Waals surface area contributed by atoms with Gasteiger partial charge < -0.3 is 4.90 Å². The summed E-state index contributed by atoms with van der Waals surface area (Å²) in [5.74, 6) is 0.439. The van der Waals surface area contributed by atoms with E-state index in [0.717, 1.165) is 12.8 Å². The van der Waals surface area contributed by atoms with E-state index in [0.29, 0.717) is 33.1 Å². The maximum atomic E-state index is 12.2. The number of Topliss-reactive ketones (excluding diaryl/α,β-unsaturated/α-hetero) is 1. The SMILES string of the molecule is CC1CCC(=O)N(CC(=O)c2cc(Cl)sc2Cl)CC1. The third-order valence-corrected chi connectivity index (χ3v) is 4.87. The van der Waals surface area contributed by atoms with Crippen molar-refractivity contribution in [2.45, 2.75) is 26.2 Å². The molecule has 1 saturated heterocycles. The molecule has 104 valence electrons. The van der Waals surface area contributed by atoms with Gasteiger partial charge in [-0.1, -0.05) is 30.1 Å². The number of carbonyl (C=O) groups is 2. The second-order valence-corrected chi connectivity index (χ2v) is 7.19. The van der Waals surface area contributed by atoms with Crippen molar-refractivity contribution >= 4 is 46.2 Å². The van der Waals surface area contributed by atoms with Crippen LogP contribution >= 0.6 is 34.5 Å². The van der Waals surface area contributed by atoms with E-state index in [1.807, 2.05) is 0 Å². The number of thiophene rings is 1. The molecule has 0 spiro atoms. The second-order valence-electron chi connectivity index (χ2n) is 4.91. The topological polar surface area (TPSA) is 37.4 Å². The van der Waals surface area contributed by atoms with Gasteiger partial charge in [-0.3, -0.25) is 9.59 Å². The number of nitrogens with zero attached hydrogens (tertiary/aromatic N) is 1. The van der Waals surface area contributed by atoms with Gasteiger partial charge in [-0.2, -0.15) is 0 Å². The Bertz CT molecular complexity index is 501. The molecule has 0 radical (unpaired) electrons. The lowest BCUT2D eigenvalue weighted by molar-refractivity contribution is -0.130. The van der Waals surface area contributed by atoms with Crippen LogP contribution in [0.1, 0.15) is 36.5 Å². The summed E-state index contributed by atoms with van der Waals surface area (Å²) in [6, 6.07) is 1.57. The van der Waals surface area contributed by atoms with Crippen LogP contribution in [-0.4, -0.2) is 29.7 Å². The van der Waals surface area contributed by atoms with E-state index >= 15 is 0 Å². The highest BCUT2D eigenvalue weighted by atomic mass is 35.5. The van der Waals surface area contributed by atoms with Gasteiger partial charge in [0.15, 0.2) is 5.78 Å². The molecular weight excluding hydrogens is 305 g/mol. The third kappa shape index (κ3) is 3.71. The highest BCUT2D eigenvalue weighted by Gasteiger charge is 2.24. The van der Waals surface area contributed by atoms with Gasteiger partial charge in [-0.25, -0.2) is 0 Å². The number of amides is 1. The Balaban J connectivity index is 2.05. The van der Waals surface area contributed by atoms with Crippen molar-refractivity contribution in [1.29, 1.82) is 0 Å². The monoisotopic (exact) mass is 319 g/mol. The third-order valence-electron chi connectivity index (χ3n) is 3.39. The maximum absolute atomic E-state index is 12.2. The van der Waals surface area contributed by atoms with Crippen molar-refractivity contribution in [1.82, 2.24) is 4.90 Å². The molecule has 1 atom stereocenters. The van der Waals surface area contributed by atoms with E-state index in [4.69, 9.17) is 23.2 Å². The second kappa shape index (κ2) is 6.25. The molecule has 0 N–H and O–H groups in total. The van der Waals surface area contributed by atoms with Crippen LogP contribution in [0.4, 0.5) is 0 Å². The zero-order valence-electron chi connectivity index (χ0n) is 10.6. The van der Waals surface area contributed by atoms with E-state index in [1.54, 1.807) is 11.0 Å². The first-order valence-electron chi connectivity index (χ1n) is 6.23. The van der Waals surface area contributed by atoms with Crippen LogP contribution in [0.15, 0.2) is 6.07 Å². The van der Waals surface area contributed by atoms with Crippen LogP contribution in [-0.2, 0) is 4.79 Å². The number of likely N-dealkylation sites (tertiary alicyclic amines) is 1. The van der Waals surface area contributed by atoms with E-state index in [2.05, 4.69) is 6.92 Å². The Kier molecular flexibility index (Phi) is 4.87. The average molecular weight is 320 g/mol. The summed E-state index contributed by atoms with van der Waals surface area (Å²) in [5.41, 5.74) is 0.418. The summed E-state index contributed by atoms with van der Waals surface area (Å²) in [6.07, 6.45) is 2.36. The molecule has 19 heavy (non-hydrogen) atoms. The number of carbonyl (C=O) groups excluding carboxylic acids is 2. The predicted octanol–water partition coefficient (Wildman–Crippen LogP) is 3.89. The van der Waals surface area contributed by atoms with Crippen molar-refractivity contribution < 1.29 is 9.59 Å². The standard InChI is InChI=1S/C13H15Cl2NO2S/c1-8-2-3-12(18)16(5-4-8)7-10(17)9-6-11(14)19-13(9)15/h6,8H,2-5,7H2,1H3. The van der Waals surface area contributed by atoms with Gasteiger partial charge in [0.2, 0.25) is 5.91 Å². The molecule has 6 heteroatoms. The molecule has 1 aromatic rings. The van der Waals surface area contributed by atoms with Crippen LogP contribution in [0.3, 0.4) is 0 Å². The smallest absolute Gasteiger partial charge is 0.222 e. The van der Waals surface area contributed by atoms with E-state index in [-0.39, 0.29) is 18.2 Å². The van der Waals surface area contributed by atoms with Crippen LogP contribution in [0.2, 0.25) is 8.67 Å². The maximum Gasteiger partial charge on any atom is 0.222 e. The van der Waals surface area contributed by atoms with Crippen molar-refractivity contribution in [2.75, 3.05) is 13.1 Å². The van der Waals surface area contributed by atoms with Crippen molar-refractivity contribution in [3.05, 3.63) is 20.3 Å². The lowest BCUT2D eigenvalue weighted by Crippen LogP contribution is -2.35. The van der Waals surface area contributed by atoms with Crippen molar-refractivity contribution in [3.8, 4) is 0 Å². The Hall–Kier alpha value is -0.580. The highest BCUT2D eigenvalue weighted by Crippen LogP contribution is 2.31. The molecule has 3 nitrogen and oxygen atoms in total. The fraction of sp³-hybridized carbons (Fsp3) is 0.538. The summed E-state index contributed by atoms with van der Waals surface area (Å²) in [7, 11) is 0. The molecule has 1 aromatic heterocycles. The van der Waals surface area contributed by atoms with Gasteiger partial charge in [0.1, 0.15) is 4.34 Å². The Morgan fingerprint density at radius 3 is 2.84 bits per heavy atom. The van der Waals surface area contributed by atoms with Gasteiger partial charge >= 0.3 is 0 Å². The minimum Gasteiger partial charge on any atom is -0.335 e. The summed E-state index contributed by atoms with van der Waals surface area (Å²) in [5, 5.41) is 0. The van der Waals surface area contributed by atoms with E-state index in [1.165, 1.54) is 11.3 Å².